The summed E-state index contributed by atoms with van der Waals surface area (Å²) in [5.74, 6) is -0.0304. The quantitative estimate of drug-likeness (QED) is 0.841. The van der Waals surface area contributed by atoms with Gasteiger partial charge < -0.3 is 10.1 Å². The number of nitrogens with one attached hydrogen (secondary N) is 1. The summed E-state index contributed by atoms with van der Waals surface area (Å²) in [5.41, 5.74) is 3.70. The molecule has 3 rings (SSSR count). The predicted octanol–water partition coefficient (Wildman–Crippen LogP) is 3.01. The van der Waals surface area contributed by atoms with Crippen LogP contribution in [0.3, 0.4) is 0 Å². The summed E-state index contributed by atoms with van der Waals surface area (Å²) >= 11 is 6.15. The van der Waals surface area contributed by atoms with Crippen molar-refractivity contribution < 1.29 is 9.53 Å². The van der Waals surface area contributed by atoms with Crippen LogP contribution in [0.2, 0.25) is 5.02 Å². The normalized spacial score (nSPS) is 15.2. The molecular weight excluding hydrogens is 352 g/mol. The first-order chi connectivity index (χ1) is 12.5. The van der Waals surface area contributed by atoms with Crippen molar-refractivity contribution in [1.29, 1.82) is 0 Å². The van der Waals surface area contributed by atoms with E-state index in [9.17, 15) is 4.79 Å². The number of ether oxygens (including phenoxy) is 1. The van der Waals surface area contributed by atoms with Crippen LogP contribution in [0.5, 0.6) is 0 Å². The van der Waals surface area contributed by atoms with Gasteiger partial charge in [0.15, 0.2) is 0 Å². The molecule has 2 heterocycles. The molecule has 1 saturated heterocycles. The molecule has 0 bridgehead atoms. The highest BCUT2D eigenvalue weighted by Crippen LogP contribution is 2.19. The third-order valence-corrected chi connectivity index (χ3v) is 5.11. The second-order valence-corrected chi connectivity index (χ2v) is 6.97. The van der Waals surface area contributed by atoms with Crippen molar-refractivity contribution in [2.45, 2.75) is 33.4 Å². The number of hydrogen-bond donors (Lipinski definition) is 1. The first kappa shape index (κ1) is 18.9. The molecule has 1 aromatic carbocycles. The Hall–Kier alpha value is -1.89. The molecule has 0 aliphatic carbocycles. The predicted molar refractivity (Wildman–Crippen MR) is 102 cm³/mol. The molecule has 1 aromatic heterocycles. The second kappa shape index (κ2) is 8.66. The number of rotatable bonds is 6. The lowest BCUT2D eigenvalue weighted by molar-refractivity contribution is -0.116. The van der Waals surface area contributed by atoms with E-state index in [1.807, 2.05) is 32.0 Å². The molecule has 1 amide bonds. The molecule has 7 heteroatoms. The lowest BCUT2D eigenvalue weighted by Crippen LogP contribution is -2.35. The van der Waals surface area contributed by atoms with Gasteiger partial charge in [0.1, 0.15) is 0 Å². The van der Waals surface area contributed by atoms with Gasteiger partial charge >= 0.3 is 0 Å². The second-order valence-electron chi connectivity index (χ2n) is 6.60. The third-order valence-electron chi connectivity index (χ3n) is 4.56. The standard InChI is InChI=1S/C19H25ClN4O2/c1-14-19(20)15(2)24(22-14)7-6-18(25)21-17-5-3-4-16(12-17)13-23-8-10-26-11-9-23/h3-5,12H,6-11,13H2,1-2H3,(H,21,25). The van der Waals surface area contributed by atoms with Crippen LogP contribution in [0, 0.1) is 13.8 Å². The highest BCUT2D eigenvalue weighted by Gasteiger charge is 2.12. The van der Waals surface area contributed by atoms with E-state index in [1.54, 1.807) is 4.68 Å². The summed E-state index contributed by atoms with van der Waals surface area (Å²) in [4.78, 5) is 14.6. The Kier molecular flexibility index (Phi) is 6.29. The van der Waals surface area contributed by atoms with E-state index < -0.39 is 0 Å². The SMILES string of the molecule is Cc1nn(CCC(=O)Nc2cccc(CN3CCOCC3)c2)c(C)c1Cl. The first-order valence-electron chi connectivity index (χ1n) is 8.91. The average Bonchev–Trinajstić information content (AvgIpc) is 2.88. The van der Waals surface area contributed by atoms with Gasteiger partial charge in [0.2, 0.25) is 5.91 Å². The smallest absolute Gasteiger partial charge is 0.226 e. The van der Waals surface area contributed by atoms with Crippen LogP contribution >= 0.6 is 11.6 Å². The topological polar surface area (TPSA) is 59.4 Å². The fourth-order valence-corrected chi connectivity index (χ4v) is 3.22. The molecule has 0 atom stereocenters. The van der Waals surface area contributed by atoms with Crippen LogP contribution in [0.1, 0.15) is 23.4 Å². The van der Waals surface area contributed by atoms with Crippen molar-refractivity contribution >= 4 is 23.2 Å². The molecule has 26 heavy (non-hydrogen) atoms. The summed E-state index contributed by atoms with van der Waals surface area (Å²) in [7, 11) is 0. The fourth-order valence-electron chi connectivity index (χ4n) is 3.09. The maximum absolute atomic E-state index is 12.3. The number of morpholine rings is 1. The maximum atomic E-state index is 12.3. The molecule has 1 aliphatic rings. The molecule has 1 N–H and O–H groups in total. The number of anilines is 1. The van der Waals surface area contributed by atoms with Crippen LogP contribution in [0.4, 0.5) is 5.69 Å². The highest BCUT2D eigenvalue weighted by atomic mass is 35.5. The van der Waals surface area contributed by atoms with Gasteiger partial charge in [-0.3, -0.25) is 14.4 Å². The lowest BCUT2D eigenvalue weighted by Gasteiger charge is -2.26. The number of carbonyl (C=O) groups excluding carboxylic acids is 1. The van der Waals surface area contributed by atoms with Gasteiger partial charge in [-0.2, -0.15) is 5.10 Å². The number of halogens is 1. The lowest BCUT2D eigenvalue weighted by atomic mass is 10.1. The molecular formula is C19H25ClN4O2. The van der Waals surface area contributed by atoms with Crippen LogP contribution in [-0.2, 0) is 22.6 Å². The Balaban J connectivity index is 1.53. The average molecular weight is 377 g/mol. The molecule has 0 spiro atoms. The Labute approximate surface area is 159 Å². The zero-order chi connectivity index (χ0) is 18.5. The van der Waals surface area contributed by atoms with Gasteiger partial charge in [-0.25, -0.2) is 0 Å². The van der Waals surface area contributed by atoms with E-state index >= 15 is 0 Å². The molecule has 0 radical (unpaired) electrons. The number of hydrogen-bond acceptors (Lipinski definition) is 4. The number of benzene rings is 1. The van der Waals surface area contributed by atoms with Gasteiger partial charge in [0.05, 0.1) is 36.2 Å². The summed E-state index contributed by atoms with van der Waals surface area (Å²) in [6.07, 6.45) is 0.353. The van der Waals surface area contributed by atoms with E-state index in [-0.39, 0.29) is 5.91 Å². The van der Waals surface area contributed by atoms with E-state index in [4.69, 9.17) is 16.3 Å². The Bertz CT molecular complexity index is 769. The van der Waals surface area contributed by atoms with Crippen LogP contribution in [-0.4, -0.2) is 46.9 Å². The van der Waals surface area contributed by atoms with E-state index in [1.165, 1.54) is 5.56 Å². The zero-order valence-corrected chi connectivity index (χ0v) is 16.1. The Morgan fingerprint density at radius 3 is 2.77 bits per heavy atom. The molecule has 0 saturated carbocycles. The Morgan fingerprint density at radius 2 is 2.08 bits per heavy atom. The van der Waals surface area contributed by atoms with Gasteiger partial charge in [-0.05, 0) is 31.5 Å². The molecule has 6 nitrogen and oxygen atoms in total. The van der Waals surface area contributed by atoms with E-state index in [0.29, 0.717) is 18.0 Å². The zero-order valence-electron chi connectivity index (χ0n) is 15.3. The Morgan fingerprint density at radius 1 is 1.31 bits per heavy atom. The molecule has 2 aromatic rings. The van der Waals surface area contributed by atoms with Crippen LogP contribution < -0.4 is 5.32 Å². The van der Waals surface area contributed by atoms with E-state index in [0.717, 1.165) is 49.9 Å². The van der Waals surface area contributed by atoms with Crippen LogP contribution in [0.25, 0.3) is 0 Å². The van der Waals surface area contributed by atoms with Crippen molar-refractivity contribution in [3.05, 3.63) is 46.2 Å². The number of aryl methyl sites for hydroxylation is 2. The molecule has 1 aliphatic heterocycles. The first-order valence-corrected chi connectivity index (χ1v) is 9.29. The summed E-state index contributed by atoms with van der Waals surface area (Å²) in [6, 6.07) is 8.02. The maximum Gasteiger partial charge on any atom is 0.226 e. The van der Waals surface area contributed by atoms with Crippen molar-refractivity contribution in [2.75, 3.05) is 31.6 Å². The molecule has 0 unspecified atom stereocenters. The van der Waals surface area contributed by atoms with E-state index in [2.05, 4.69) is 21.4 Å². The monoisotopic (exact) mass is 376 g/mol. The molecule has 140 valence electrons. The minimum absolute atomic E-state index is 0.0304. The van der Waals surface area contributed by atoms with Crippen molar-refractivity contribution in [3.8, 4) is 0 Å². The van der Waals surface area contributed by atoms with Gasteiger partial charge in [0.25, 0.3) is 0 Å². The fraction of sp³-hybridized carbons (Fsp3) is 0.474. The summed E-state index contributed by atoms with van der Waals surface area (Å²) in [6.45, 7) is 8.63. The van der Waals surface area contributed by atoms with Gasteiger partial charge in [-0.1, -0.05) is 23.7 Å². The van der Waals surface area contributed by atoms with Crippen molar-refractivity contribution in [3.63, 3.8) is 0 Å². The largest absolute Gasteiger partial charge is 0.379 e. The minimum atomic E-state index is -0.0304. The highest BCUT2D eigenvalue weighted by molar-refractivity contribution is 6.31. The number of aromatic nitrogens is 2. The van der Waals surface area contributed by atoms with Crippen molar-refractivity contribution in [1.82, 2.24) is 14.7 Å². The third kappa shape index (κ3) is 4.84. The molecule has 1 fully saturated rings. The number of nitrogens with zero attached hydrogens (tertiary/aromatic N) is 3. The number of amides is 1. The van der Waals surface area contributed by atoms with Crippen molar-refractivity contribution in [2.24, 2.45) is 0 Å². The number of carbonyl (C=O) groups is 1. The van der Waals surface area contributed by atoms with Gasteiger partial charge in [-0.15, -0.1) is 0 Å². The summed E-state index contributed by atoms with van der Waals surface area (Å²) in [5, 5.41) is 8.00. The summed E-state index contributed by atoms with van der Waals surface area (Å²) < 4.78 is 7.16. The van der Waals surface area contributed by atoms with Crippen LogP contribution in [0.15, 0.2) is 24.3 Å². The minimum Gasteiger partial charge on any atom is -0.379 e. The van der Waals surface area contributed by atoms with Gasteiger partial charge in [0, 0.05) is 31.7 Å².